The Bertz CT molecular complexity index is 824. The third kappa shape index (κ3) is 5.37. The van der Waals surface area contributed by atoms with Crippen molar-refractivity contribution in [1.29, 1.82) is 0 Å². The molecule has 1 N–H and O–H groups in total. The Hall–Kier alpha value is -1.32. The van der Waals surface area contributed by atoms with Crippen molar-refractivity contribution in [3.8, 4) is 0 Å². The van der Waals surface area contributed by atoms with Gasteiger partial charge < -0.3 is 19.6 Å². The summed E-state index contributed by atoms with van der Waals surface area (Å²) < 4.78 is 4.99. The molecule has 0 radical (unpaired) electrons. The molecule has 0 aromatic rings. The average molecular weight is 572 g/mol. The van der Waals surface area contributed by atoms with Crippen LogP contribution in [0, 0.1) is 11.8 Å². The van der Waals surface area contributed by atoms with Crippen molar-refractivity contribution in [2.45, 2.75) is 79.3 Å². The van der Waals surface area contributed by atoms with Crippen molar-refractivity contribution in [2.75, 3.05) is 26.3 Å². The first-order chi connectivity index (χ1) is 16.7. The Morgan fingerprint density at radius 3 is 2.66 bits per heavy atom. The van der Waals surface area contributed by atoms with Gasteiger partial charge >= 0.3 is 5.97 Å². The second-order valence-corrected chi connectivity index (χ2v) is 12.7. The SMILES string of the molecule is C=CCCCCOC(=O)[C@H]1[C@@H]2SC3(CC2Br)C(C(=O)N(CC=C)C(C)C)N(CCCCO)C(=O)[C@H]13. The van der Waals surface area contributed by atoms with Gasteiger partial charge in [-0.25, -0.2) is 0 Å². The third-order valence-electron chi connectivity index (χ3n) is 7.38. The van der Waals surface area contributed by atoms with E-state index < -0.39 is 22.6 Å². The summed E-state index contributed by atoms with van der Waals surface area (Å²) in [6, 6.07) is -0.702. The minimum Gasteiger partial charge on any atom is -0.465 e. The predicted molar refractivity (Wildman–Crippen MR) is 142 cm³/mol. The van der Waals surface area contributed by atoms with Gasteiger partial charge in [0, 0.05) is 35.8 Å². The lowest BCUT2D eigenvalue weighted by Gasteiger charge is -2.39. The topological polar surface area (TPSA) is 87.2 Å². The van der Waals surface area contributed by atoms with E-state index in [1.165, 1.54) is 0 Å². The lowest BCUT2D eigenvalue weighted by molar-refractivity contribution is -0.154. The molecule has 6 atom stereocenters. The van der Waals surface area contributed by atoms with E-state index >= 15 is 0 Å². The highest BCUT2D eigenvalue weighted by Gasteiger charge is 2.76. The van der Waals surface area contributed by atoms with Gasteiger partial charge in [0.15, 0.2) is 0 Å². The van der Waals surface area contributed by atoms with Crippen LogP contribution in [-0.2, 0) is 19.1 Å². The summed E-state index contributed by atoms with van der Waals surface area (Å²) in [6.45, 7) is 12.6. The van der Waals surface area contributed by atoms with Crippen molar-refractivity contribution < 1.29 is 24.2 Å². The lowest BCUT2D eigenvalue weighted by atomic mass is 9.71. The second kappa shape index (κ2) is 12.3. The Morgan fingerprint density at radius 1 is 1.29 bits per heavy atom. The number of nitrogens with zero attached hydrogens (tertiary/aromatic N) is 2. The van der Waals surface area contributed by atoms with Gasteiger partial charge in [-0.2, -0.15) is 0 Å². The van der Waals surface area contributed by atoms with Crippen LogP contribution in [0.5, 0.6) is 0 Å². The highest BCUT2D eigenvalue weighted by molar-refractivity contribution is 9.09. The second-order valence-electron chi connectivity index (χ2n) is 9.95. The molecule has 3 fully saturated rings. The molecule has 3 saturated heterocycles. The van der Waals surface area contributed by atoms with Crippen LogP contribution in [0.3, 0.4) is 0 Å². The summed E-state index contributed by atoms with van der Waals surface area (Å²) in [7, 11) is 0. The minimum absolute atomic E-state index is 0.0226. The zero-order valence-electron chi connectivity index (χ0n) is 20.9. The number of carbonyl (C=O) groups is 3. The number of halogens is 1. The van der Waals surface area contributed by atoms with E-state index in [0.29, 0.717) is 39.0 Å². The number of aliphatic hydroxyl groups excluding tert-OH is 1. The first kappa shape index (κ1) is 28.3. The molecule has 3 unspecified atom stereocenters. The van der Waals surface area contributed by atoms with E-state index in [9.17, 15) is 19.5 Å². The van der Waals surface area contributed by atoms with E-state index in [-0.39, 0.29) is 40.5 Å². The Labute approximate surface area is 221 Å². The van der Waals surface area contributed by atoms with Crippen LogP contribution in [-0.4, -0.2) is 85.9 Å². The number of esters is 1. The number of aliphatic hydroxyl groups is 1. The van der Waals surface area contributed by atoms with E-state index in [1.807, 2.05) is 19.9 Å². The number of thioether (sulfide) groups is 1. The number of likely N-dealkylation sites (tertiary alicyclic amines) is 1. The Balaban J connectivity index is 1.92. The quantitative estimate of drug-likeness (QED) is 0.149. The summed E-state index contributed by atoms with van der Waals surface area (Å²) in [5, 5.41) is 9.19. The average Bonchev–Trinajstić information content (AvgIpc) is 3.40. The van der Waals surface area contributed by atoms with Crippen molar-refractivity contribution in [3.63, 3.8) is 0 Å². The number of ether oxygens (including phenoxy) is 1. The van der Waals surface area contributed by atoms with Crippen molar-refractivity contribution in [3.05, 3.63) is 25.3 Å². The molecule has 2 amide bonds. The van der Waals surface area contributed by atoms with E-state index in [1.54, 1.807) is 27.6 Å². The number of unbranched alkanes of at least 4 members (excludes halogenated alkanes) is 3. The minimum atomic E-state index is -0.674. The number of alkyl halides is 1. The van der Waals surface area contributed by atoms with Crippen molar-refractivity contribution >= 4 is 45.5 Å². The van der Waals surface area contributed by atoms with Crippen LogP contribution >= 0.6 is 27.7 Å². The highest BCUT2D eigenvalue weighted by atomic mass is 79.9. The molecule has 9 heteroatoms. The maximum absolute atomic E-state index is 14.0. The summed E-state index contributed by atoms with van der Waals surface area (Å²) in [5.74, 6) is -1.71. The van der Waals surface area contributed by atoms with E-state index in [4.69, 9.17) is 4.74 Å². The predicted octanol–water partition coefficient (Wildman–Crippen LogP) is 3.55. The number of carbonyl (C=O) groups excluding carboxylic acids is 3. The number of allylic oxidation sites excluding steroid dienone is 1. The number of rotatable bonds is 14. The molecule has 3 rings (SSSR count). The number of hydrogen-bond donors (Lipinski definition) is 1. The maximum atomic E-state index is 14.0. The van der Waals surface area contributed by atoms with Crippen molar-refractivity contribution in [1.82, 2.24) is 9.80 Å². The highest BCUT2D eigenvalue weighted by Crippen LogP contribution is 2.68. The smallest absolute Gasteiger partial charge is 0.310 e. The molecule has 0 saturated carbocycles. The molecule has 0 aromatic carbocycles. The lowest BCUT2D eigenvalue weighted by Crippen LogP contribution is -2.56. The summed E-state index contributed by atoms with van der Waals surface area (Å²) in [5.41, 5.74) is 0. The summed E-state index contributed by atoms with van der Waals surface area (Å²) in [4.78, 5) is 44.7. The van der Waals surface area contributed by atoms with Gasteiger partial charge in [-0.15, -0.1) is 24.9 Å². The molecule has 0 aliphatic carbocycles. The summed E-state index contributed by atoms with van der Waals surface area (Å²) >= 11 is 5.40. The first-order valence-electron chi connectivity index (χ1n) is 12.7. The van der Waals surface area contributed by atoms with Gasteiger partial charge in [0.2, 0.25) is 11.8 Å². The fraction of sp³-hybridized carbons (Fsp3) is 0.731. The Morgan fingerprint density at radius 2 is 2.03 bits per heavy atom. The van der Waals surface area contributed by atoms with Gasteiger partial charge in [0.05, 0.1) is 23.2 Å². The fourth-order valence-electron chi connectivity index (χ4n) is 5.82. The van der Waals surface area contributed by atoms with Crippen LogP contribution in [0.1, 0.15) is 52.4 Å². The fourth-order valence-corrected chi connectivity index (χ4v) is 9.42. The molecule has 3 heterocycles. The number of amides is 2. The molecule has 196 valence electrons. The van der Waals surface area contributed by atoms with Crippen LogP contribution in [0.25, 0.3) is 0 Å². The molecule has 7 nitrogen and oxygen atoms in total. The zero-order chi connectivity index (χ0) is 25.8. The Kier molecular flexibility index (Phi) is 9.91. The number of fused-ring (bicyclic) bond motifs is 1. The molecular formula is C26H39BrN2O5S. The monoisotopic (exact) mass is 570 g/mol. The third-order valence-corrected chi connectivity index (χ3v) is 10.6. The summed E-state index contributed by atoms with van der Waals surface area (Å²) in [6.07, 6.45) is 7.88. The molecule has 3 aliphatic heterocycles. The first-order valence-corrected chi connectivity index (χ1v) is 14.5. The van der Waals surface area contributed by atoms with Crippen LogP contribution in [0.2, 0.25) is 0 Å². The molecular weight excluding hydrogens is 532 g/mol. The molecule has 0 aromatic heterocycles. The number of hydrogen-bond acceptors (Lipinski definition) is 6. The van der Waals surface area contributed by atoms with E-state index in [2.05, 4.69) is 29.1 Å². The van der Waals surface area contributed by atoms with Gasteiger partial charge in [0.25, 0.3) is 0 Å². The van der Waals surface area contributed by atoms with Gasteiger partial charge in [-0.05, 0) is 52.4 Å². The van der Waals surface area contributed by atoms with Crippen LogP contribution < -0.4 is 0 Å². The van der Waals surface area contributed by atoms with E-state index in [0.717, 1.165) is 19.3 Å². The standard InChI is InChI=1S/C26H39BrN2O5S/c1-5-7-8-11-15-34-25(33)19-20-23(31)29(13-9-10-14-30)22(24(32)28(12-6-2)17(3)4)26(20)16-18(27)21(19)35-26/h5-6,17-22,30H,1-2,7-16H2,3-4H3/t18?,19-,20+,21-,22?,26?/m1/s1. The van der Waals surface area contributed by atoms with Crippen LogP contribution in [0.15, 0.2) is 25.3 Å². The maximum Gasteiger partial charge on any atom is 0.310 e. The largest absolute Gasteiger partial charge is 0.465 e. The van der Waals surface area contributed by atoms with Crippen LogP contribution in [0.4, 0.5) is 0 Å². The van der Waals surface area contributed by atoms with Crippen molar-refractivity contribution in [2.24, 2.45) is 11.8 Å². The normalized spacial score (nSPS) is 31.1. The zero-order valence-corrected chi connectivity index (χ0v) is 23.3. The van der Waals surface area contributed by atoms with Gasteiger partial charge in [0.1, 0.15) is 6.04 Å². The van der Waals surface area contributed by atoms with Gasteiger partial charge in [-0.1, -0.05) is 28.1 Å². The molecule has 1 spiro atoms. The molecule has 2 bridgehead atoms. The van der Waals surface area contributed by atoms with Gasteiger partial charge in [-0.3, -0.25) is 14.4 Å². The molecule has 35 heavy (non-hydrogen) atoms. The molecule has 3 aliphatic rings.